The summed E-state index contributed by atoms with van der Waals surface area (Å²) < 4.78 is 0. The number of carbonyl (C=O) groups excluding carboxylic acids is 1. The molecule has 4 heterocycles. The minimum absolute atomic E-state index is 0.0272. The smallest absolute Gasteiger partial charge is 0.274 e. The van der Waals surface area contributed by atoms with E-state index in [1.54, 1.807) is 30.6 Å². The fourth-order valence-electron chi connectivity index (χ4n) is 5.08. The molecule has 2 saturated heterocycles. The Morgan fingerprint density at radius 3 is 2.48 bits per heavy atom. The molecule has 0 aromatic carbocycles. The molecular formula is C24H36B2N6O. The summed E-state index contributed by atoms with van der Waals surface area (Å²) in [6.45, 7) is 10.0. The van der Waals surface area contributed by atoms with Gasteiger partial charge in [-0.2, -0.15) is 0 Å². The van der Waals surface area contributed by atoms with Gasteiger partial charge in [0.2, 0.25) is 0 Å². The van der Waals surface area contributed by atoms with Gasteiger partial charge in [0.25, 0.3) is 5.91 Å². The Balaban J connectivity index is 1.44. The second-order valence-corrected chi connectivity index (χ2v) is 10.2. The van der Waals surface area contributed by atoms with Gasteiger partial charge in [-0.25, -0.2) is 4.98 Å². The minimum Gasteiger partial charge on any atom is -0.366 e. The Kier molecular flexibility index (Phi) is 7.39. The normalized spacial score (nSPS) is 20.5. The number of rotatable bonds is 5. The first-order chi connectivity index (χ1) is 15.8. The summed E-state index contributed by atoms with van der Waals surface area (Å²) in [6, 6.07) is 10.6. The summed E-state index contributed by atoms with van der Waals surface area (Å²) in [4.78, 5) is 29.2. The van der Waals surface area contributed by atoms with Crippen LogP contribution in [0.25, 0.3) is 0 Å². The van der Waals surface area contributed by atoms with E-state index in [2.05, 4.69) is 54.5 Å². The standard InChI is InChI=1S/C24H36B2N6O/c1-18(2)30-13-8-20(9-14-30)31-15-10-24(25,26)32(17-16-31)22-5-3-4-21(29-22)23(33)28-19-6-11-27-12-7-19/h3-7,11-12,18,20H,8-10,13-17,25-26H2,1-2H3,(H,27,28,33). The van der Waals surface area contributed by atoms with E-state index in [0.717, 1.165) is 37.6 Å². The molecule has 33 heavy (non-hydrogen) atoms. The van der Waals surface area contributed by atoms with Crippen LogP contribution in [-0.2, 0) is 0 Å². The van der Waals surface area contributed by atoms with Gasteiger partial charge >= 0.3 is 0 Å². The van der Waals surface area contributed by atoms with Crippen LogP contribution >= 0.6 is 0 Å². The molecule has 1 N–H and O–H groups in total. The number of anilines is 2. The zero-order valence-corrected chi connectivity index (χ0v) is 20.5. The van der Waals surface area contributed by atoms with Crippen molar-refractivity contribution in [2.45, 2.75) is 50.5 Å². The molecule has 2 aliphatic heterocycles. The van der Waals surface area contributed by atoms with Crippen molar-refractivity contribution < 1.29 is 4.79 Å². The summed E-state index contributed by atoms with van der Waals surface area (Å²) in [6.07, 6.45) is 6.91. The molecule has 0 spiro atoms. The van der Waals surface area contributed by atoms with Gasteiger partial charge in [-0.1, -0.05) is 6.07 Å². The van der Waals surface area contributed by atoms with E-state index in [-0.39, 0.29) is 11.2 Å². The maximum atomic E-state index is 12.8. The highest BCUT2D eigenvalue weighted by Gasteiger charge is 2.34. The third kappa shape index (κ3) is 5.76. The summed E-state index contributed by atoms with van der Waals surface area (Å²) in [5.41, 5.74) is 1.15. The van der Waals surface area contributed by atoms with Gasteiger partial charge in [0.15, 0.2) is 0 Å². The van der Waals surface area contributed by atoms with Crippen LogP contribution in [-0.4, -0.2) is 91.5 Å². The van der Waals surface area contributed by atoms with Crippen molar-refractivity contribution in [2.75, 3.05) is 42.9 Å². The van der Waals surface area contributed by atoms with E-state index in [9.17, 15) is 4.79 Å². The average molecular weight is 446 g/mol. The molecule has 2 aromatic heterocycles. The SMILES string of the molecule is BC1(B)CCN(C2CCN(C(C)C)CC2)CCN1c1cccc(C(=O)Nc2ccncc2)n1. The molecule has 2 fully saturated rings. The third-order valence-corrected chi connectivity index (χ3v) is 7.28. The fourth-order valence-corrected chi connectivity index (χ4v) is 5.08. The summed E-state index contributed by atoms with van der Waals surface area (Å²) in [7, 11) is 4.59. The number of pyridine rings is 2. The van der Waals surface area contributed by atoms with Gasteiger partial charge in [0.05, 0.1) is 0 Å². The molecule has 0 bridgehead atoms. The molecule has 4 rings (SSSR count). The number of likely N-dealkylation sites (tertiary alicyclic amines) is 1. The molecule has 1 amide bonds. The third-order valence-electron chi connectivity index (χ3n) is 7.28. The number of hydrogen-bond acceptors (Lipinski definition) is 6. The molecule has 0 unspecified atom stereocenters. The van der Waals surface area contributed by atoms with E-state index < -0.39 is 0 Å². The first-order valence-electron chi connectivity index (χ1n) is 12.3. The van der Waals surface area contributed by atoms with Gasteiger partial charge in [0, 0.05) is 43.3 Å². The lowest BCUT2D eigenvalue weighted by Gasteiger charge is -2.39. The van der Waals surface area contributed by atoms with Gasteiger partial charge < -0.3 is 15.1 Å². The van der Waals surface area contributed by atoms with E-state index in [0.29, 0.717) is 17.8 Å². The van der Waals surface area contributed by atoms with Crippen molar-refractivity contribution in [3.05, 3.63) is 48.4 Å². The Morgan fingerprint density at radius 2 is 1.79 bits per heavy atom. The minimum atomic E-state index is -0.200. The first-order valence-corrected chi connectivity index (χ1v) is 12.3. The predicted molar refractivity (Wildman–Crippen MR) is 140 cm³/mol. The predicted octanol–water partition coefficient (Wildman–Crippen LogP) is 1.03. The second kappa shape index (κ2) is 10.3. The Hall–Kier alpha value is -2.38. The van der Waals surface area contributed by atoms with Crippen molar-refractivity contribution in [1.82, 2.24) is 19.8 Å². The fraction of sp³-hybridized carbons (Fsp3) is 0.542. The Labute approximate surface area is 199 Å². The quantitative estimate of drug-likeness (QED) is 0.693. The van der Waals surface area contributed by atoms with Crippen LogP contribution in [0.15, 0.2) is 42.7 Å². The Morgan fingerprint density at radius 1 is 1.06 bits per heavy atom. The number of piperidine rings is 1. The van der Waals surface area contributed by atoms with Crippen LogP contribution in [0, 0.1) is 0 Å². The zero-order chi connectivity index (χ0) is 23.4. The number of aromatic nitrogens is 2. The topological polar surface area (TPSA) is 64.6 Å². The molecule has 0 aliphatic carbocycles. The lowest BCUT2D eigenvalue weighted by molar-refractivity contribution is 0.0961. The van der Waals surface area contributed by atoms with Crippen LogP contribution in [0.3, 0.4) is 0 Å². The molecule has 0 saturated carbocycles. The van der Waals surface area contributed by atoms with E-state index >= 15 is 0 Å². The molecule has 7 nitrogen and oxygen atoms in total. The molecule has 0 radical (unpaired) electrons. The number of nitrogens with one attached hydrogen (secondary N) is 1. The lowest BCUT2D eigenvalue weighted by atomic mass is 9.59. The van der Waals surface area contributed by atoms with Crippen molar-refractivity contribution in [3.63, 3.8) is 0 Å². The van der Waals surface area contributed by atoms with Crippen LogP contribution in [0.2, 0.25) is 0 Å². The largest absolute Gasteiger partial charge is 0.366 e. The van der Waals surface area contributed by atoms with Gasteiger partial charge in [-0.15, -0.1) is 0 Å². The molecule has 9 heteroatoms. The molecule has 2 aliphatic rings. The maximum absolute atomic E-state index is 12.8. The maximum Gasteiger partial charge on any atom is 0.274 e. The van der Waals surface area contributed by atoms with Crippen LogP contribution in [0.5, 0.6) is 0 Å². The molecular weight excluding hydrogens is 410 g/mol. The van der Waals surface area contributed by atoms with Crippen LogP contribution in [0.1, 0.15) is 43.6 Å². The zero-order valence-electron chi connectivity index (χ0n) is 20.5. The number of carbonyl (C=O) groups is 1. The number of amides is 1. The van der Waals surface area contributed by atoms with E-state index in [1.165, 1.54) is 25.9 Å². The van der Waals surface area contributed by atoms with Gasteiger partial charge in [0.1, 0.15) is 27.2 Å². The van der Waals surface area contributed by atoms with Crippen molar-refractivity contribution in [3.8, 4) is 0 Å². The lowest BCUT2D eigenvalue weighted by Crippen LogP contribution is -2.51. The highest BCUT2D eigenvalue weighted by atomic mass is 16.1. The summed E-state index contributed by atoms with van der Waals surface area (Å²) >= 11 is 0. The highest BCUT2D eigenvalue weighted by Crippen LogP contribution is 2.27. The van der Waals surface area contributed by atoms with Crippen molar-refractivity contribution in [1.29, 1.82) is 0 Å². The second-order valence-electron chi connectivity index (χ2n) is 10.2. The van der Waals surface area contributed by atoms with E-state index in [4.69, 9.17) is 4.98 Å². The van der Waals surface area contributed by atoms with Crippen molar-refractivity contribution in [2.24, 2.45) is 0 Å². The van der Waals surface area contributed by atoms with Crippen molar-refractivity contribution >= 4 is 33.1 Å². The highest BCUT2D eigenvalue weighted by molar-refractivity contribution is 6.41. The van der Waals surface area contributed by atoms with Gasteiger partial charge in [-0.05, 0) is 82.3 Å². The molecule has 2 aromatic rings. The first kappa shape index (κ1) is 23.8. The molecule has 0 atom stereocenters. The monoisotopic (exact) mass is 446 g/mol. The number of hydrogen-bond donors (Lipinski definition) is 1. The van der Waals surface area contributed by atoms with Crippen LogP contribution in [0.4, 0.5) is 11.5 Å². The molecule has 174 valence electrons. The Bertz CT molecular complexity index is 934. The van der Waals surface area contributed by atoms with Crippen LogP contribution < -0.4 is 10.2 Å². The van der Waals surface area contributed by atoms with Gasteiger partial charge in [-0.3, -0.25) is 14.7 Å². The summed E-state index contributed by atoms with van der Waals surface area (Å²) in [5.74, 6) is 0.674. The summed E-state index contributed by atoms with van der Waals surface area (Å²) in [5, 5.41) is 2.88. The van der Waals surface area contributed by atoms with E-state index in [1.807, 2.05) is 12.1 Å². The number of nitrogens with zero attached hydrogens (tertiary/aromatic N) is 5. The average Bonchev–Trinajstić information content (AvgIpc) is 2.97.